The number of hydrogen-bond donors (Lipinski definition) is 2. The first-order valence-corrected chi connectivity index (χ1v) is 24.0. The van der Waals surface area contributed by atoms with Gasteiger partial charge in [0.1, 0.15) is 0 Å². The van der Waals surface area contributed by atoms with Gasteiger partial charge < -0.3 is 11.5 Å². The van der Waals surface area contributed by atoms with Crippen molar-refractivity contribution in [3.63, 3.8) is 0 Å². The second kappa shape index (κ2) is 23.1. The van der Waals surface area contributed by atoms with Gasteiger partial charge in [0.25, 0.3) is 0 Å². The Morgan fingerprint density at radius 2 is 0.451 bits per heavy atom. The Morgan fingerprint density at radius 1 is 0.333 bits per heavy atom. The molecule has 0 bridgehead atoms. The number of nitrogens with two attached hydrogens (primary N) is 2. The summed E-state index contributed by atoms with van der Waals surface area (Å²) in [4.78, 5) is 0. The van der Waals surface area contributed by atoms with Gasteiger partial charge in [-0.25, -0.2) is 0 Å². The molecule has 4 N–H and O–H groups in total. The summed E-state index contributed by atoms with van der Waals surface area (Å²) < 4.78 is 0. The molecule has 0 atom stereocenters. The van der Waals surface area contributed by atoms with Crippen molar-refractivity contribution in [2.75, 3.05) is 13.1 Å². The third kappa shape index (κ3) is 14.3. The molecule has 0 aliphatic carbocycles. The molecule has 0 aliphatic rings. The summed E-state index contributed by atoms with van der Waals surface area (Å²) in [6.45, 7) is 14.1. The summed E-state index contributed by atoms with van der Waals surface area (Å²) in [5.74, 6) is 0. The first kappa shape index (κ1) is 42.7. The fourth-order valence-electron chi connectivity index (χ4n) is 5.06. The van der Waals surface area contributed by atoms with Crippen LogP contribution in [0, 0.1) is 41.5 Å². The molecular weight excluding hydrogens is 790 g/mol. The van der Waals surface area contributed by atoms with Crippen LogP contribution in [-0.4, -0.2) is 13.1 Å². The maximum absolute atomic E-state index is 4.90. The van der Waals surface area contributed by atoms with Crippen LogP contribution in [0.3, 0.4) is 0 Å². The minimum absolute atomic E-state index is 0.346. The average molecular weight is 841 g/mol. The molecule has 0 spiro atoms. The zero-order valence-electron chi connectivity index (χ0n) is 30.4. The molecule has 0 radical (unpaired) electrons. The molecule has 0 heterocycles. The van der Waals surface area contributed by atoms with E-state index in [2.05, 4.69) is 187 Å². The van der Waals surface area contributed by atoms with E-state index < -0.39 is 15.8 Å². The molecule has 0 fully saturated rings. The van der Waals surface area contributed by atoms with Gasteiger partial charge in [0.2, 0.25) is 0 Å². The van der Waals surface area contributed by atoms with E-state index in [9.17, 15) is 0 Å². The van der Waals surface area contributed by atoms with Crippen LogP contribution >= 0.6 is 35.2 Å². The molecule has 268 valence electrons. The summed E-state index contributed by atoms with van der Waals surface area (Å²) in [7, 11) is 8.74. The van der Waals surface area contributed by atoms with Gasteiger partial charge in [-0.3, -0.25) is 0 Å². The van der Waals surface area contributed by atoms with Gasteiger partial charge >= 0.3 is 34.5 Å². The van der Waals surface area contributed by atoms with Crippen molar-refractivity contribution in [2.45, 2.75) is 41.5 Å². The van der Waals surface area contributed by atoms with Gasteiger partial charge in [-0.2, -0.15) is 0 Å². The van der Waals surface area contributed by atoms with Crippen molar-refractivity contribution in [1.29, 1.82) is 0 Å². The molecule has 6 rings (SSSR count). The van der Waals surface area contributed by atoms with Crippen molar-refractivity contribution in [3.8, 4) is 0 Å². The van der Waals surface area contributed by atoms with Crippen LogP contribution in [-0.2, 0) is 15.1 Å². The molecule has 6 aromatic rings. The Kier molecular flexibility index (Phi) is 19.3. The van der Waals surface area contributed by atoms with Gasteiger partial charge in [0.15, 0.2) is 0 Å². The molecule has 7 heteroatoms. The van der Waals surface area contributed by atoms with Gasteiger partial charge in [0.05, 0.1) is 0 Å². The Bertz CT molecular complexity index is 1480. The van der Waals surface area contributed by atoms with Crippen molar-refractivity contribution in [1.82, 2.24) is 0 Å². The van der Waals surface area contributed by atoms with E-state index in [1.807, 2.05) is 0 Å². The zero-order valence-corrected chi connectivity index (χ0v) is 35.5. The Morgan fingerprint density at radius 3 is 0.549 bits per heavy atom. The second-order valence-corrected chi connectivity index (χ2v) is 19.4. The average Bonchev–Trinajstić information content (AvgIpc) is 3.14. The number of hydrogen-bond acceptors (Lipinski definition) is 2. The summed E-state index contributed by atoms with van der Waals surface area (Å²) in [5.41, 5.74) is 17.7. The molecule has 0 aliphatic heterocycles. The fourth-order valence-corrected chi connectivity index (χ4v) is 9.53. The predicted molar refractivity (Wildman–Crippen MR) is 229 cm³/mol. The number of benzene rings is 6. The van der Waals surface area contributed by atoms with E-state index in [1.165, 1.54) is 65.2 Å². The maximum atomic E-state index is 4.90. The van der Waals surface area contributed by atoms with Crippen LogP contribution in [0.4, 0.5) is 0 Å². The van der Waals surface area contributed by atoms with Crippen LogP contribution < -0.4 is 43.3 Å². The normalized spacial score (nSPS) is 10.4. The third-order valence-corrected chi connectivity index (χ3v) is 12.8. The molecule has 0 saturated heterocycles. The molecule has 2 nitrogen and oxygen atoms in total. The number of halogens is 2. The second-order valence-electron chi connectivity index (χ2n) is 12.3. The van der Waals surface area contributed by atoms with Gasteiger partial charge in [0, 0.05) is 13.1 Å². The van der Waals surface area contributed by atoms with Crippen molar-refractivity contribution >= 4 is 67.1 Å². The van der Waals surface area contributed by atoms with Crippen molar-refractivity contribution in [3.05, 3.63) is 179 Å². The molecule has 0 saturated carbocycles. The summed E-state index contributed by atoms with van der Waals surface area (Å²) >= 11 is -0.346. The van der Waals surface area contributed by atoms with E-state index in [1.54, 1.807) is 0 Å². The minimum atomic E-state index is -0.483. The van der Waals surface area contributed by atoms with E-state index in [0.717, 1.165) is 0 Å². The number of aryl methyl sites for hydroxylation is 6. The molecular formula is C44H50Cl2N2P2Ru. The Hall–Kier alpha value is -2.70. The zero-order chi connectivity index (χ0) is 37.2. The van der Waals surface area contributed by atoms with Crippen LogP contribution in [0.5, 0.6) is 0 Å². The van der Waals surface area contributed by atoms with E-state index in [0.29, 0.717) is 13.1 Å². The van der Waals surface area contributed by atoms with Crippen molar-refractivity contribution < 1.29 is 15.1 Å². The molecule has 51 heavy (non-hydrogen) atoms. The topological polar surface area (TPSA) is 52.0 Å². The summed E-state index contributed by atoms with van der Waals surface area (Å²) in [5, 5.41) is 8.46. The molecule has 6 aromatic carbocycles. The van der Waals surface area contributed by atoms with Crippen LogP contribution in [0.1, 0.15) is 33.4 Å². The van der Waals surface area contributed by atoms with E-state index >= 15 is 0 Å². The van der Waals surface area contributed by atoms with Crippen molar-refractivity contribution in [2.24, 2.45) is 11.5 Å². The van der Waals surface area contributed by atoms with E-state index in [-0.39, 0.29) is 15.1 Å². The van der Waals surface area contributed by atoms with E-state index in [4.69, 9.17) is 30.8 Å². The monoisotopic (exact) mass is 840 g/mol. The molecule has 0 unspecified atom stereocenters. The van der Waals surface area contributed by atoms with Gasteiger partial charge in [-0.05, 0) is 89.2 Å². The fraction of sp³-hybridized carbons (Fsp3) is 0.182. The van der Waals surface area contributed by atoms with Crippen LogP contribution in [0.25, 0.3) is 0 Å². The number of rotatable bonds is 7. The predicted octanol–water partition coefficient (Wildman–Crippen LogP) is 9.02. The van der Waals surface area contributed by atoms with Crippen LogP contribution in [0.15, 0.2) is 146 Å². The van der Waals surface area contributed by atoms with Crippen LogP contribution in [0.2, 0.25) is 0 Å². The molecule has 0 aromatic heterocycles. The summed E-state index contributed by atoms with van der Waals surface area (Å²) in [6.07, 6.45) is 0. The first-order valence-electron chi connectivity index (χ1n) is 16.9. The first-order chi connectivity index (χ1) is 24.6. The van der Waals surface area contributed by atoms with Gasteiger partial charge in [-0.15, -0.1) is 0 Å². The Labute approximate surface area is 325 Å². The van der Waals surface area contributed by atoms with Gasteiger partial charge in [-0.1, -0.05) is 179 Å². The SMILES string of the molecule is Cc1ccc(P(c2ccc(C)cc2)c2ccc(C)cc2)cc1.Cc1ccc(P(c2ccc(C)cc2)c2ccc(C)cc2)cc1.NCCN.[Cl][Ru][Cl]. The Balaban J connectivity index is 0.000000233. The quantitative estimate of drug-likeness (QED) is 0.125. The standard InChI is InChI=1S/2C21H21P.C2H8N2.2ClH.Ru/c2*1-16-4-10-19(11-5-16)22(20-12-6-17(2)7-13-20)21-14-8-18(3)9-15-21;3-1-2-4;;;/h2*4-15H,1-3H3;1-4H2;2*1H;/q;;;;;+2/p-2. The summed E-state index contributed by atoms with van der Waals surface area (Å²) in [6, 6.07) is 53.9. The third-order valence-electron chi connectivity index (χ3n) is 7.92. The molecule has 0 amide bonds.